The van der Waals surface area contributed by atoms with Crippen LogP contribution in [-0.2, 0) is 11.3 Å². The molecule has 6 heteroatoms. The highest BCUT2D eigenvalue weighted by Crippen LogP contribution is 2.32. The molecule has 0 spiro atoms. The maximum atomic E-state index is 12.3. The third kappa shape index (κ3) is 4.35. The lowest BCUT2D eigenvalue weighted by atomic mass is 10.1. The van der Waals surface area contributed by atoms with Gasteiger partial charge in [0.05, 0.1) is 5.57 Å². The van der Waals surface area contributed by atoms with Crippen molar-refractivity contribution in [3.8, 4) is 0 Å². The van der Waals surface area contributed by atoms with Crippen molar-refractivity contribution in [1.29, 1.82) is 0 Å². The summed E-state index contributed by atoms with van der Waals surface area (Å²) in [5.74, 6) is -0.335. The van der Waals surface area contributed by atoms with Gasteiger partial charge < -0.3 is 20.9 Å². The number of carbonyl (C=O) groups is 2. The van der Waals surface area contributed by atoms with Gasteiger partial charge in [-0.1, -0.05) is 18.2 Å². The Morgan fingerprint density at radius 1 is 1.15 bits per heavy atom. The van der Waals surface area contributed by atoms with Gasteiger partial charge in [0.25, 0.3) is 11.8 Å². The molecule has 1 aliphatic rings. The Morgan fingerprint density at radius 3 is 2.56 bits per heavy atom. The molecule has 140 valence electrons. The van der Waals surface area contributed by atoms with Crippen LogP contribution in [0.15, 0.2) is 48.7 Å². The lowest BCUT2D eigenvalue weighted by molar-refractivity contribution is -0.110. The summed E-state index contributed by atoms with van der Waals surface area (Å²) >= 11 is 0. The number of nitrogens with zero attached hydrogens (tertiary/aromatic N) is 1. The van der Waals surface area contributed by atoms with Crippen molar-refractivity contribution in [2.75, 3.05) is 31.3 Å². The van der Waals surface area contributed by atoms with Gasteiger partial charge in [0, 0.05) is 41.8 Å². The summed E-state index contributed by atoms with van der Waals surface area (Å²) in [5, 5.41) is 8.76. The number of carbonyl (C=O) groups excluding carboxylic acids is 2. The van der Waals surface area contributed by atoms with Crippen LogP contribution in [0.2, 0.25) is 0 Å². The predicted octanol–water partition coefficient (Wildman–Crippen LogP) is 2.90. The van der Waals surface area contributed by atoms with E-state index in [1.54, 1.807) is 24.4 Å². The van der Waals surface area contributed by atoms with E-state index in [0.717, 1.165) is 17.8 Å². The molecule has 1 heterocycles. The van der Waals surface area contributed by atoms with Gasteiger partial charge >= 0.3 is 0 Å². The van der Waals surface area contributed by atoms with Crippen LogP contribution >= 0.6 is 0 Å². The highest BCUT2D eigenvalue weighted by molar-refractivity contribution is 6.32. The average Bonchev–Trinajstić information content (AvgIpc) is 2.95. The van der Waals surface area contributed by atoms with Gasteiger partial charge in [-0.05, 0) is 50.8 Å². The van der Waals surface area contributed by atoms with Gasteiger partial charge in [0.2, 0.25) is 0 Å². The van der Waals surface area contributed by atoms with Crippen LogP contribution in [0.25, 0.3) is 5.57 Å². The van der Waals surface area contributed by atoms with Crippen molar-refractivity contribution < 1.29 is 9.59 Å². The van der Waals surface area contributed by atoms with Crippen molar-refractivity contribution >= 4 is 28.8 Å². The molecule has 2 aromatic carbocycles. The molecule has 0 bridgehead atoms. The van der Waals surface area contributed by atoms with Crippen LogP contribution in [0, 0.1) is 0 Å². The van der Waals surface area contributed by atoms with Crippen LogP contribution < -0.4 is 16.0 Å². The molecule has 0 atom stereocenters. The normalized spacial score (nSPS) is 14.2. The highest BCUT2D eigenvalue weighted by Gasteiger charge is 2.25. The van der Waals surface area contributed by atoms with Gasteiger partial charge in [-0.25, -0.2) is 0 Å². The molecule has 3 N–H and O–H groups in total. The van der Waals surface area contributed by atoms with Crippen LogP contribution in [0.3, 0.4) is 0 Å². The van der Waals surface area contributed by atoms with Crippen LogP contribution in [0.4, 0.5) is 11.4 Å². The molecule has 6 nitrogen and oxygen atoms in total. The zero-order valence-electron chi connectivity index (χ0n) is 15.8. The van der Waals surface area contributed by atoms with E-state index >= 15 is 0 Å². The number of fused-ring (bicyclic) bond motifs is 1. The third-order valence-electron chi connectivity index (χ3n) is 4.24. The highest BCUT2D eigenvalue weighted by atomic mass is 16.2. The zero-order chi connectivity index (χ0) is 19.4. The molecule has 3 rings (SSSR count). The number of amides is 2. The van der Waals surface area contributed by atoms with E-state index < -0.39 is 0 Å². The first-order valence-electron chi connectivity index (χ1n) is 8.92. The van der Waals surface area contributed by atoms with Crippen LogP contribution in [-0.4, -0.2) is 37.4 Å². The molecule has 0 fully saturated rings. The maximum Gasteiger partial charge on any atom is 0.257 e. The quantitative estimate of drug-likeness (QED) is 0.689. The van der Waals surface area contributed by atoms with Crippen molar-refractivity contribution in [3.63, 3.8) is 0 Å². The topological polar surface area (TPSA) is 73.5 Å². The first-order chi connectivity index (χ1) is 13.0. The molecule has 0 saturated heterocycles. The summed E-state index contributed by atoms with van der Waals surface area (Å²) in [7, 11) is 4.06. The Kier molecular flexibility index (Phi) is 5.57. The Labute approximate surface area is 159 Å². The summed E-state index contributed by atoms with van der Waals surface area (Å²) in [6.07, 6.45) is 1.70. The number of benzene rings is 2. The zero-order valence-corrected chi connectivity index (χ0v) is 15.8. The number of hydrogen-bond acceptors (Lipinski definition) is 4. The minimum Gasteiger partial charge on any atom is -0.361 e. The van der Waals surface area contributed by atoms with Crippen LogP contribution in [0.5, 0.6) is 0 Å². The number of anilines is 2. The van der Waals surface area contributed by atoms with E-state index in [0.29, 0.717) is 23.4 Å². The fourth-order valence-corrected chi connectivity index (χ4v) is 2.97. The molecule has 0 unspecified atom stereocenters. The fourth-order valence-electron chi connectivity index (χ4n) is 2.97. The molecule has 2 aromatic rings. The van der Waals surface area contributed by atoms with Crippen molar-refractivity contribution in [2.24, 2.45) is 0 Å². The van der Waals surface area contributed by atoms with E-state index in [4.69, 9.17) is 0 Å². The number of nitrogens with one attached hydrogen (secondary N) is 3. The minimum atomic E-state index is -0.185. The van der Waals surface area contributed by atoms with E-state index in [1.165, 1.54) is 5.56 Å². The predicted molar refractivity (Wildman–Crippen MR) is 109 cm³/mol. The second kappa shape index (κ2) is 8.05. The van der Waals surface area contributed by atoms with Crippen molar-refractivity contribution in [2.45, 2.75) is 13.5 Å². The third-order valence-corrected chi connectivity index (χ3v) is 4.24. The molecule has 0 saturated carbocycles. The Hall–Kier alpha value is -3.12. The van der Waals surface area contributed by atoms with Crippen LogP contribution in [0.1, 0.15) is 28.4 Å². The lowest BCUT2D eigenvalue weighted by Gasteiger charge is -2.10. The molecule has 27 heavy (non-hydrogen) atoms. The van der Waals surface area contributed by atoms with Gasteiger partial charge in [0.15, 0.2) is 0 Å². The van der Waals surface area contributed by atoms with E-state index in [2.05, 4.69) is 33.0 Å². The molecular formula is C21H24N4O2. The minimum absolute atomic E-state index is 0.150. The molecule has 0 aromatic heterocycles. The van der Waals surface area contributed by atoms with E-state index in [-0.39, 0.29) is 11.8 Å². The largest absolute Gasteiger partial charge is 0.361 e. The van der Waals surface area contributed by atoms with Gasteiger partial charge in [-0.2, -0.15) is 0 Å². The molecule has 2 amide bonds. The van der Waals surface area contributed by atoms with Crippen molar-refractivity contribution in [3.05, 3.63) is 65.4 Å². The first-order valence-corrected chi connectivity index (χ1v) is 8.92. The molecule has 1 aliphatic heterocycles. The standard InChI is InChI=1S/C21H24N4O2/c1-4-22-20(26)15-7-10-17-18(21(27)24-19(17)11-15)12-23-16-8-5-14(6-9-16)13-25(2)3/h5-12,23H,4,13H2,1-3H3,(H,22,26)(H,24,27). The van der Waals surface area contributed by atoms with E-state index in [9.17, 15) is 9.59 Å². The molecule has 0 radical (unpaired) electrons. The van der Waals surface area contributed by atoms with Gasteiger partial charge in [0.1, 0.15) is 0 Å². The second-order valence-corrected chi connectivity index (χ2v) is 6.71. The Bertz CT molecular complexity index is 886. The summed E-state index contributed by atoms with van der Waals surface area (Å²) < 4.78 is 0. The van der Waals surface area contributed by atoms with Crippen molar-refractivity contribution in [1.82, 2.24) is 10.2 Å². The molecule has 0 aliphatic carbocycles. The monoisotopic (exact) mass is 364 g/mol. The summed E-state index contributed by atoms with van der Waals surface area (Å²) in [5.41, 5.74) is 4.64. The Morgan fingerprint density at radius 2 is 1.89 bits per heavy atom. The maximum absolute atomic E-state index is 12.3. The number of rotatable bonds is 6. The SMILES string of the molecule is CCNC(=O)c1ccc2c(c1)NC(=O)C2=CNc1ccc(CN(C)C)cc1. The first kappa shape index (κ1) is 18.7. The van der Waals surface area contributed by atoms with Gasteiger partial charge in [-0.15, -0.1) is 0 Å². The summed E-state index contributed by atoms with van der Waals surface area (Å²) in [4.78, 5) is 26.4. The van der Waals surface area contributed by atoms with E-state index in [1.807, 2.05) is 33.2 Å². The second-order valence-electron chi connectivity index (χ2n) is 6.71. The molecular weight excluding hydrogens is 340 g/mol. The average molecular weight is 364 g/mol. The lowest BCUT2D eigenvalue weighted by Crippen LogP contribution is -2.22. The summed E-state index contributed by atoms with van der Waals surface area (Å²) in [6, 6.07) is 13.3. The number of hydrogen-bond donors (Lipinski definition) is 3. The van der Waals surface area contributed by atoms with Gasteiger partial charge in [-0.3, -0.25) is 9.59 Å². The summed E-state index contributed by atoms with van der Waals surface area (Å²) in [6.45, 7) is 3.31. The Balaban J connectivity index is 1.76. The smallest absolute Gasteiger partial charge is 0.257 e. The fraction of sp³-hybridized carbons (Fsp3) is 0.238.